The number of hydrogen-bond donors (Lipinski definition) is 0. The van der Waals surface area contributed by atoms with Crippen LogP contribution < -0.4 is 4.57 Å². The Bertz CT molecular complexity index is 334. The highest BCUT2D eigenvalue weighted by Crippen LogP contribution is 2.14. The quantitative estimate of drug-likeness (QED) is 0.548. The minimum absolute atomic E-state index is 0.831. The molecule has 1 rings (SSSR count). The molecule has 17 heavy (non-hydrogen) atoms. The van der Waals surface area contributed by atoms with Gasteiger partial charge in [-0.1, -0.05) is 0 Å². The van der Waals surface area contributed by atoms with Gasteiger partial charge in [0.05, 0.1) is 0 Å². The van der Waals surface area contributed by atoms with Crippen LogP contribution in [-0.4, -0.2) is 30.1 Å². The zero-order valence-corrected chi connectivity index (χ0v) is 12.1. The van der Waals surface area contributed by atoms with Crippen molar-refractivity contribution in [2.24, 2.45) is 0 Å². The number of rotatable bonds is 7. The lowest BCUT2D eigenvalue weighted by Gasteiger charge is -2.23. The van der Waals surface area contributed by atoms with Crippen molar-refractivity contribution in [2.45, 2.75) is 25.9 Å². The Hall–Kier alpha value is -0.753. The molecule has 0 aliphatic rings. The zero-order valence-electron chi connectivity index (χ0n) is 11.1. The predicted octanol–water partition coefficient (Wildman–Crippen LogP) is 1.55. The molecule has 1 aromatic heterocycles. The van der Waals surface area contributed by atoms with Gasteiger partial charge in [0.25, 0.3) is 0 Å². The van der Waals surface area contributed by atoms with E-state index >= 15 is 0 Å². The number of aromatic nitrogens is 1. The van der Waals surface area contributed by atoms with Crippen LogP contribution in [0.3, 0.4) is 0 Å². The summed E-state index contributed by atoms with van der Waals surface area (Å²) >= 11 is 0. The van der Waals surface area contributed by atoms with E-state index in [1.807, 2.05) is 0 Å². The first-order valence-corrected chi connectivity index (χ1v) is 7.70. The highest BCUT2D eigenvalue weighted by atomic mass is 28.4. The van der Waals surface area contributed by atoms with Gasteiger partial charge >= 0.3 is 8.80 Å². The average molecular weight is 256 g/mol. The van der Waals surface area contributed by atoms with Crippen LogP contribution in [0.4, 0.5) is 0 Å². The normalized spacial score (nSPS) is 11.8. The molecule has 0 atom stereocenters. The van der Waals surface area contributed by atoms with E-state index in [-0.39, 0.29) is 0 Å². The van der Waals surface area contributed by atoms with Gasteiger partial charge in [0.1, 0.15) is 6.54 Å². The first-order valence-electron chi connectivity index (χ1n) is 5.77. The molecule has 5 heteroatoms. The van der Waals surface area contributed by atoms with Crippen LogP contribution in [0.1, 0.15) is 12.0 Å². The maximum Gasteiger partial charge on any atom is 0.500 e. The SMILES string of the molecule is CO[Si](CCC[n+]1cccc(C)c1)(OC)OC. The molecule has 0 N–H and O–H groups in total. The molecule has 1 heterocycles. The van der Waals surface area contributed by atoms with Gasteiger partial charge in [0.2, 0.25) is 0 Å². The van der Waals surface area contributed by atoms with E-state index in [4.69, 9.17) is 13.3 Å². The summed E-state index contributed by atoms with van der Waals surface area (Å²) in [6, 6.07) is 4.98. The third-order valence-corrected chi connectivity index (χ3v) is 5.67. The average Bonchev–Trinajstić information content (AvgIpc) is 2.35. The van der Waals surface area contributed by atoms with Gasteiger partial charge < -0.3 is 13.3 Å². The van der Waals surface area contributed by atoms with E-state index in [0.29, 0.717) is 0 Å². The van der Waals surface area contributed by atoms with E-state index in [9.17, 15) is 0 Å². The Labute approximate surface area is 105 Å². The van der Waals surface area contributed by atoms with Gasteiger partial charge in [-0.15, -0.1) is 0 Å². The van der Waals surface area contributed by atoms with Crippen LogP contribution in [0.15, 0.2) is 24.5 Å². The van der Waals surface area contributed by atoms with E-state index in [0.717, 1.165) is 19.0 Å². The van der Waals surface area contributed by atoms with Crippen LogP contribution in [0.25, 0.3) is 0 Å². The summed E-state index contributed by atoms with van der Waals surface area (Å²) in [5.74, 6) is 0. The fourth-order valence-electron chi connectivity index (χ4n) is 1.83. The highest BCUT2D eigenvalue weighted by Gasteiger charge is 2.37. The minimum atomic E-state index is -2.40. The molecule has 0 bridgehead atoms. The molecule has 0 radical (unpaired) electrons. The molecule has 0 aliphatic heterocycles. The first kappa shape index (κ1) is 14.3. The topological polar surface area (TPSA) is 31.6 Å². The van der Waals surface area contributed by atoms with E-state index in [1.165, 1.54) is 5.56 Å². The Morgan fingerprint density at radius 1 is 1.18 bits per heavy atom. The van der Waals surface area contributed by atoms with Gasteiger partial charge in [-0.25, -0.2) is 4.57 Å². The predicted molar refractivity (Wildman–Crippen MR) is 67.6 cm³/mol. The molecule has 1 aromatic rings. The van der Waals surface area contributed by atoms with Crippen molar-refractivity contribution >= 4 is 8.80 Å². The smallest absolute Gasteiger partial charge is 0.377 e. The van der Waals surface area contributed by atoms with Crippen molar-refractivity contribution in [3.8, 4) is 0 Å². The van der Waals surface area contributed by atoms with Gasteiger partial charge in [0.15, 0.2) is 12.4 Å². The van der Waals surface area contributed by atoms with Crippen LogP contribution in [-0.2, 0) is 19.8 Å². The van der Waals surface area contributed by atoms with E-state index < -0.39 is 8.80 Å². The lowest BCUT2D eigenvalue weighted by Crippen LogP contribution is -2.44. The second-order valence-electron chi connectivity index (χ2n) is 4.02. The molecule has 0 saturated heterocycles. The van der Waals surface area contributed by atoms with Crippen molar-refractivity contribution in [3.63, 3.8) is 0 Å². The second-order valence-corrected chi connectivity index (χ2v) is 7.11. The lowest BCUT2D eigenvalue weighted by atomic mass is 10.3. The lowest BCUT2D eigenvalue weighted by molar-refractivity contribution is -0.697. The van der Waals surface area contributed by atoms with Crippen molar-refractivity contribution in [3.05, 3.63) is 30.1 Å². The molecular weight excluding hydrogens is 234 g/mol. The van der Waals surface area contributed by atoms with Gasteiger partial charge in [0, 0.05) is 45.4 Å². The van der Waals surface area contributed by atoms with Crippen LogP contribution in [0.2, 0.25) is 6.04 Å². The summed E-state index contributed by atoms with van der Waals surface area (Å²) in [5.41, 5.74) is 1.27. The number of aryl methyl sites for hydroxylation is 2. The molecule has 0 spiro atoms. The Morgan fingerprint density at radius 3 is 2.35 bits per heavy atom. The van der Waals surface area contributed by atoms with E-state index in [1.54, 1.807) is 21.3 Å². The van der Waals surface area contributed by atoms with Crippen molar-refractivity contribution in [1.29, 1.82) is 0 Å². The van der Waals surface area contributed by atoms with Crippen molar-refractivity contribution in [1.82, 2.24) is 0 Å². The van der Waals surface area contributed by atoms with E-state index in [2.05, 4.69) is 36.0 Å². The summed E-state index contributed by atoms with van der Waals surface area (Å²) in [7, 11) is 2.56. The second kappa shape index (κ2) is 6.86. The molecule has 0 unspecified atom stereocenters. The Kier molecular flexibility index (Phi) is 5.77. The van der Waals surface area contributed by atoms with Gasteiger partial charge in [-0.3, -0.25) is 0 Å². The Morgan fingerprint density at radius 2 is 1.82 bits per heavy atom. The third kappa shape index (κ3) is 4.20. The molecule has 0 aliphatic carbocycles. The van der Waals surface area contributed by atoms with Crippen LogP contribution in [0.5, 0.6) is 0 Å². The molecule has 0 amide bonds. The number of nitrogens with zero attached hydrogens (tertiary/aromatic N) is 1. The maximum absolute atomic E-state index is 5.38. The molecule has 0 aromatic carbocycles. The summed E-state index contributed by atoms with van der Waals surface area (Å²) in [6.45, 7) is 3.04. The Balaban J connectivity index is 2.46. The molecule has 0 fully saturated rings. The van der Waals surface area contributed by atoms with Gasteiger partial charge in [-0.05, 0) is 13.0 Å². The summed E-state index contributed by atoms with van der Waals surface area (Å²) < 4.78 is 18.3. The summed E-state index contributed by atoms with van der Waals surface area (Å²) in [6.07, 6.45) is 5.19. The van der Waals surface area contributed by atoms with Gasteiger partial charge in [-0.2, -0.15) is 0 Å². The van der Waals surface area contributed by atoms with Crippen LogP contribution in [0, 0.1) is 6.92 Å². The molecule has 0 saturated carbocycles. The van der Waals surface area contributed by atoms with Crippen LogP contribution >= 0.6 is 0 Å². The largest absolute Gasteiger partial charge is 0.500 e. The van der Waals surface area contributed by atoms with Crippen molar-refractivity contribution in [2.75, 3.05) is 21.3 Å². The van der Waals surface area contributed by atoms with Crippen molar-refractivity contribution < 1.29 is 17.8 Å². The third-order valence-electron chi connectivity index (χ3n) is 2.84. The fourth-order valence-corrected chi connectivity index (χ4v) is 3.53. The first-order chi connectivity index (χ1) is 8.15. The number of pyridine rings is 1. The molecular formula is C12H22NO3Si+. The highest BCUT2D eigenvalue weighted by molar-refractivity contribution is 6.60. The minimum Gasteiger partial charge on any atom is -0.377 e. The molecule has 96 valence electrons. The maximum atomic E-state index is 5.38. The molecule has 4 nitrogen and oxygen atoms in total. The zero-order chi connectivity index (χ0) is 12.7. The fraction of sp³-hybridized carbons (Fsp3) is 0.583. The monoisotopic (exact) mass is 256 g/mol. The summed E-state index contributed by atoms with van der Waals surface area (Å²) in [5, 5.41) is 0. The standard InChI is InChI=1S/C12H22NO3Si/c1-12-7-5-8-13(11-12)9-6-10-17(14-2,15-3)16-4/h5,7-8,11H,6,9-10H2,1-4H3/q+1. The summed E-state index contributed by atoms with van der Waals surface area (Å²) in [4.78, 5) is 0. The number of hydrogen-bond acceptors (Lipinski definition) is 3.